The van der Waals surface area contributed by atoms with Crippen LogP contribution in [0.25, 0.3) is 0 Å². The van der Waals surface area contributed by atoms with Crippen LogP contribution < -0.4 is 4.90 Å². The predicted octanol–water partition coefficient (Wildman–Crippen LogP) is 4.34. The number of carbonyl (C=O) groups excluding carboxylic acids is 4. The second kappa shape index (κ2) is 7.19. The lowest BCUT2D eigenvalue weighted by Gasteiger charge is -2.27. The molecule has 0 unspecified atom stereocenters. The lowest BCUT2D eigenvalue weighted by Crippen LogP contribution is -2.51. The molecule has 2 heterocycles. The summed E-state index contributed by atoms with van der Waals surface area (Å²) in [6, 6.07) is 20.2. The van der Waals surface area contributed by atoms with Crippen molar-refractivity contribution in [3.63, 3.8) is 0 Å². The zero-order valence-electron chi connectivity index (χ0n) is 18.0. The summed E-state index contributed by atoms with van der Waals surface area (Å²) >= 11 is 6.45. The molecule has 2 amide bonds. The van der Waals surface area contributed by atoms with Gasteiger partial charge in [0.05, 0.1) is 23.6 Å². The van der Waals surface area contributed by atoms with E-state index in [0.717, 1.165) is 10.5 Å². The van der Waals surface area contributed by atoms with Crippen molar-refractivity contribution in [2.75, 3.05) is 4.90 Å². The Kier molecular flexibility index (Phi) is 4.43. The average Bonchev–Trinajstić information content (AvgIpc) is 3.39. The number of nitrogens with zero attached hydrogens (tertiary/aromatic N) is 1. The Balaban J connectivity index is 1.57. The number of imide groups is 1. The largest absolute Gasteiger partial charge is 0.349 e. The SMILES string of the molecule is Cc1cccc(N2C(=O)[C@@H]3[C@@H](c4ccccc4Cl)OC4(C(=O)c5ccccc5C4=O)[C@H]3C2=O)c1. The molecule has 7 heteroatoms. The number of amides is 2. The number of ketones is 2. The van der Waals surface area contributed by atoms with Crippen molar-refractivity contribution in [2.45, 2.75) is 18.6 Å². The molecular formula is C27H18ClNO5. The van der Waals surface area contributed by atoms with Crippen molar-refractivity contribution in [3.05, 3.63) is 100 Å². The van der Waals surface area contributed by atoms with Crippen molar-refractivity contribution >= 4 is 40.7 Å². The molecule has 2 saturated heterocycles. The Morgan fingerprint density at radius 1 is 0.824 bits per heavy atom. The van der Waals surface area contributed by atoms with Gasteiger partial charge in [-0.05, 0) is 30.7 Å². The van der Waals surface area contributed by atoms with Gasteiger partial charge in [0, 0.05) is 21.7 Å². The highest BCUT2D eigenvalue weighted by atomic mass is 35.5. The molecule has 6 nitrogen and oxygen atoms in total. The van der Waals surface area contributed by atoms with Crippen molar-refractivity contribution in [2.24, 2.45) is 11.8 Å². The molecule has 1 spiro atoms. The van der Waals surface area contributed by atoms with Gasteiger partial charge in [0.1, 0.15) is 0 Å². The van der Waals surface area contributed by atoms with Crippen LogP contribution >= 0.6 is 11.6 Å². The Hall–Kier alpha value is -3.61. The summed E-state index contributed by atoms with van der Waals surface area (Å²) in [4.78, 5) is 56.2. The highest BCUT2D eigenvalue weighted by Crippen LogP contribution is 2.58. The van der Waals surface area contributed by atoms with Crippen molar-refractivity contribution in [1.82, 2.24) is 0 Å². The van der Waals surface area contributed by atoms with Gasteiger partial charge in [-0.25, -0.2) is 4.90 Å². The van der Waals surface area contributed by atoms with Gasteiger partial charge in [-0.15, -0.1) is 0 Å². The van der Waals surface area contributed by atoms with E-state index in [-0.39, 0.29) is 11.1 Å². The minimum absolute atomic E-state index is 0.195. The van der Waals surface area contributed by atoms with Gasteiger partial charge < -0.3 is 4.74 Å². The summed E-state index contributed by atoms with van der Waals surface area (Å²) in [7, 11) is 0. The Labute approximate surface area is 200 Å². The van der Waals surface area contributed by atoms with Gasteiger partial charge in [-0.2, -0.15) is 0 Å². The minimum atomic E-state index is -2.11. The maximum absolute atomic E-state index is 13.9. The van der Waals surface area contributed by atoms with Crippen molar-refractivity contribution in [1.29, 1.82) is 0 Å². The third-order valence-electron chi connectivity index (χ3n) is 6.99. The Morgan fingerprint density at radius 3 is 2.12 bits per heavy atom. The standard InChI is InChI=1S/C27H18ClNO5/c1-14-7-6-8-15(13-14)29-25(32)20-21(26(29)33)27(34-22(20)18-11-4-5-12-19(18)28)23(30)16-9-2-3-10-17(16)24(27)31/h2-13,20-22H,1H3/t20-,21+,22+/m0/s1. The second-order valence-electron chi connectivity index (χ2n) is 8.85. The van der Waals surface area contributed by atoms with Crippen LogP contribution in [0.1, 0.15) is 37.9 Å². The normalized spacial score (nSPS) is 24.8. The number of rotatable bonds is 2. The zero-order valence-corrected chi connectivity index (χ0v) is 18.8. The van der Waals surface area contributed by atoms with Gasteiger partial charge >= 0.3 is 0 Å². The molecule has 0 N–H and O–H groups in total. The molecule has 6 rings (SSSR count). The van der Waals surface area contributed by atoms with E-state index in [1.165, 1.54) is 0 Å². The number of aryl methyl sites for hydroxylation is 1. The molecule has 0 aromatic heterocycles. The molecule has 3 aromatic rings. The summed E-state index contributed by atoms with van der Waals surface area (Å²) in [6.45, 7) is 1.85. The maximum atomic E-state index is 13.9. The van der Waals surface area contributed by atoms with E-state index in [4.69, 9.17) is 16.3 Å². The zero-order chi connectivity index (χ0) is 23.8. The van der Waals surface area contributed by atoms with Crippen molar-refractivity contribution < 1.29 is 23.9 Å². The van der Waals surface area contributed by atoms with Crippen LogP contribution in [-0.2, 0) is 14.3 Å². The highest BCUT2D eigenvalue weighted by molar-refractivity contribution is 6.37. The summed E-state index contributed by atoms with van der Waals surface area (Å²) in [6.07, 6.45) is -1.04. The van der Waals surface area contributed by atoms with E-state index in [1.807, 2.05) is 13.0 Å². The molecule has 168 valence electrons. The van der Waals surface area contributed by atoms with Crippen LogP contribution in [0.3, 0.4) is 0 Å². The number of anilines is 1. The minimum Gasteiger partial charge on any atom is -0.349 e. The number of carbonyl (C=O) groups is 4. The fourth-order valence-electron chi connectivity index (χ4n) is 5.53. The molecule has 0 radical (unpaired) electrons. The number of ether oxygens (including phenoxy) is 1. The molecule has 0 saturated carbocycles. The number of benzene rings is 3. The van der Waals surface area contributed by atoms with E-state index in [1.54, 1.807) is 66.7 Å². The van der Waals surface area contributed by atoms with Crippen LogP contribution in [0.2, 0.25) is 5.02 Å². The number of Topliss-reactive ketones (excluding diaryl/α,β-unsaturated/α-hetero) is 2. The first kappa shape index (κ1) is 21.0. The van der Waals surface area contributed by atoms with Crippen LogP contribution in [0.15, 0.2) is 72.8 Å². The lowest BCUT2D eigenvalue weighted by atomic mass is 9.77. The van der Waals surface area contributed by atoms with Crippen LogP contribution in [0, 0.1) is 18.8 Å². The van der Waals surface area contributed by atoms with E-state index in [0.29, 0.717) is 16.3 Å². The molecule has 34 heavy (non-hydrogen) atoms. The van der Waals surface area contributed by atoms with E-state index >= 15 is 0 Å². The smallest absolute Gasteiger partial charge is 0.241 e. The fraction of sp³-hybridized carbons (Fsp3) is 0.185. The van der Waals surface area contributed by atoms with Gasteiger partial charge in [0.2, 0.25) is 29.0 Å². The Bertz CT molecular complexity index is 1390. The van der Waals surface area contributed by atoms with E-state index in [9.17, 15) is 19.2 Å². The first-order valence-corrected chi connectivity index (χ1v) is 11.3. The average molecular weight is 472 g/mol. The third-order valence-corrected chi connectivity index (χ3v) is 7.33. The molecule has 0 bridgehead atoms. The topological polar surface area (TPSA) is 80.8 Å². The first-order chi connectivity index (χ1) is 16.4. The monoisotopic (exact) mass is 471 g/mol. The predicted molar refractivity (Wildman–Crippen MR) is 124 cm³/mol. The van der Waals surface area contributed by atoms with Gasteiger partial charge in [-0.3, -0.25) is 19.2 Å². The molecule has 3 aromatic carbocycles. The van der Waals surface area contributed by atoms with Gasteiger partial charge in [0.25, 0.3) is 0 Å². The van der Waals surface area contributed by atoms with Crippen LogP contribution in [0.4, 0.5) is 5.69 Å². The van der Waals surface area contributed by atoms with Gasteiger partial charge in [-0.1, -0.05) is 66.2 Å². The summed E-state index contributed by atoms with van der Waals surface area (Å²) in [5, 5.41) is 0.327. The van der Waals surface area contributed by atoms with Crippen LogP contribution in [-0.4, -0.2) is 29.0 Å². The number of hydrogen-bond donors (Lipinski definition) is 0. The van der Waals surface area contributed by atoms with Crippen LogP contribution in [0.5, 0.6) is 0 Å². The third kappa shape index (κ3) is 2.55. The molecule has 3 aliphatic rings. The number of hydrogen-bond acceptors (Lipinski definition) is 5. The molecule has 2 aliphatic heterocycles. The maximum Gasteiger partial charge on any atom is 0.241 e. The Morgan fingerprint density at radius 2 is 1.47 bits per heavy atom. The van der Waals surface area contributed by atoms with Crippen molar-refractivity contribution in [3.8, 4) is 0 Å². The fourth-order valence-corrected chi connectivity index (χ4v) is 5.77. The van der Waals surface area contributed by atoms with E-state index < -0.39 is 46.9 Å². The van der Waals surface area contributed by atoms with Gasteiger partial charge in [0.15, 0.2) is 0 Å². The molecular weight excluding hydrogens is 454 g/mol. The number of halogens is 1. The lowest BCUT2D eigenvalue weighted by molar-refractivity contribution is -0.127. The number of fused-ring (bicyclic) bond motifs is 3. The first-order valence-electron chi connectivity index (χ1n) is 10.9. The van der Waals surface area contributed by atoms with E-state index in [2.05, 4.69) is 0 Å². The highest BCUT2D eigenvalue weighted by Gasteiger charge is 2.74. The summed E-state index contributed by atoms with van der Waals surface area (Å²) in [5.41, 5.74) is 0.00120. The second-order valence-corrected chi connectivity index (χ2v) is 9.26. The molecule has 2 fully saturated rings. The summed E-state index contributed by atoms with van der Waals surface area (Å²) < 4.78 is 6.25. The molecule has 3 atom stereocenters. The summed E-state index contributed by atoms with van der Waals surface area (Å²) in [5.74, 6) is -4.69. The molecule has 1 aliphatic carbocycles. The quantitative estimate of drug-likeness (QED) is 0.410.